The predicted molar refractivity (Wildman–Crippen MR) is 255 cm³/mol. The summed E-state index contributed by atoms with van der Waals surface area (Å²) < 4.78 is 31.6. The Kier molecular flexibility index (Phi) is 33.4. The molecule has 0 aromatic rings. The standard InChI is InChI=1S/C45H74N6O16S2/c1-33(52)9-18-64-22-24-66-26-27-67-25-23-65-21-15-49-43(59)34(30-35(53)10-28-68-36-31-41(57)50(44(36)60)16-7-38(54)47-13-19-62-2)6-4-5-12-46-40(56)11-29-69-37-32-42(58)51(45(37)61)17-8-39(55)48-14-20-63-3/h34,36-37H,4-32H2,1-3H3,(H,46,56)(H,47,54)(H,48,55)(H,49,59)/t34-,36?,37?/m1/s1. The number of nitrogens with zero attached hydrogens (tertiary/aromatic N) is 2. The topological polar surface area (TPSA) is 281 Å². The molecule has 24 heteroatoms. The SMILES string of the molecule is COCCNC(=O)CCN1C(=O)CC(SCCC(=O)C[C@@H](CCCCNC(=O)CCSC2CC(=O)N(CCC(=O)NCCOC)C2=O)C(=O)NCCOCCOCCOCCOCCC(C)=O)C1=O. The van der Waals surface area contributed by atoms with Crippen molar-refractivity contribution in [1.29, 1.82) is 0 Å². The van der Waals surface area contributed by atoms with Gasteiger partial charge in [-0.2, -0.15) is 0 Å². The van der Waals surface area contributed by atoms with Gasteiger partial charge in [0.05, 0.1) is 76.6 Å². The third-order valence-electron chi connectivity index (χ3n) is 10.5. The zero-order valence-corrected chi connectivity index (χ0v) is 42.1. The number of hydrogen-bond donors (Lipinski definition) is 4. The number of carbonyl (C=O) groups is 10. The minimum Gasteiger partial charge on any atom is -0.383 e. The van der Waals surface area contributed by atoms with E-state index in [1.165, 1.54) is 44.7 Å². The molecule has 0 saturated carbocycles. The smallest absolute Gasteiger partial charge is 0.242 e. The summed E-state index contributed by atoms with van der Waals surface area (Å²) >= 11 is 2.43. The normalized spacial score (nSPS) is 16.3. The highest BCUT2D eigenvalue weighted by Crippen LogP contribution is 2.27. The van der Waals surface area contributed by atoms with Gasteiger partial charge < -0.3 is 49.7 Å². The van der Waals surface area contributed by atoms with E-state index in [-0.39, 0.29) is 130 Å². The molecule has 0 spiro atoms. The maximum atomic E-state index is 13.3. The van der Waals surface area contributed by atoms with Crippen LogP contribution >= 0.6 is 23.5 Å². The zero-order chi connectivity index (χ0) is 50.7. The van der Waals surface area contributed by atoms with E-state index in [4.69, 9.17) is 28.4 Å². The maximum Gasteiger partial charge on any atom is 0.242 e. The third-order valence-corrected chi connectivity index (χ3v) is 13.0. The largest absolute Gasteiger partial charge is 0.383 e. The van der Waals surface area contributed by atoms with Gasteiger partial charge in [-0.15, -0.1) is 23.5 Å². The summed E-state index contributed by atoms with van der Waals surface area (Å²) in [6, 6.07) is 0. The minimum absolute atomic E-state index is 0.00755. The summed E-state index contributed by atoms with van der Waals surface area (Å²) in [5.41, 5.74) is 0. The zero-order valence-electron chi connectivity index (χ0n) is 40.5. The molecular formula is C45H74N6O16S2. The molecule has 69 heavy (non-hydrogen) atoms. The van der Waals surface area contributed by atoms with Crippen LogP contribution in [0.15, 0.2) is 0 Å². The van der Waals surface area contributed by atoms with Crippen LogP contribution in [0.25, 0.3) is 0 Å². The number of hydrogen-bond acceptors (Lipinski definition) is 18. The molecule has 2 fully saturated rings. The van der Waals surface area contributed by atoms with Gasteiger partial charge >= 0.3 is 0 Å². The number of ketones is 2. The Morgan fingerprint density at radius 1 is 0.551 bits per heavy atom. The van der Waals surface area contributed by atoms with Crippen LogP contribution in [0.1, 0.15) is 77.6 Å². The average molecular weight is 1020 g/mol. The predicted octanol–water partition coefficient (Wildman–Crippen LogP) is -0.183. The van der Waals surface area contributed by atoms with Crippen molar-refractivity contribution < 1.29 is 76.4 Å². The summed E-state index contributed by atoms with van der Waals surface area (Å²) in [6.45, 7) is 6.04. The lowest BCUT2D eigenvalue weighted by atomic mass is 9.94. The van der Waals surface area contributed by atoms with Gasteiger partial charge in [0.15, 0.2) is 0 Å². The van der Waals surface area contributed by atoms with E-state index in [0.29, 0.717) is 111 Å². The molecule has 2 aliphatic rings. The molecule has 2 unspecified atom stereocenters. The van der Waals surface area contributed by atoms with E-state index in [0.717, 1.165) is 9.80 Å². The van der Waals surface area contributed by atoms with Crippen LogP contribution in [0.3, 0.4) is 0 Å². The molecular weight excluding hydrogens is 945 g/mol. The number of rotatable bonds is 43. The van der Waals surface area contributed by atoms with Crippen molar-refractivity contribution in [1.82, 2.24) is 31.1 Å². The molecule has 0 aliphatic carbocycles. The highest BCUT2D eigenvalue weighted by atomic mass is 32.2. The lowest BCUT2D eigenvalue weighted by Crippen LogP contribution is -2.36. The molecule has 0 aromatic carbocycles. The number of Topliss-reactive ketones (excluding diaryl/α,β-unsaturated/α-hetero) is 2. The van der Waals surface area contributed by atoms with Crippen LogP contribution in [-0.2, 0) is 76.4 Å². The summed E-state index contributed by atoms with van der Waals surface area (Å²) in [4.78, 5) is 127. The molecule has 8 amide bonds. The first-order valence-electron chi connectivity index (χ1n) is 23.6. The second kappa shape index (κ2) is 37.7. The van der Waals surface area contributed by atoms with Crippen LogP contribution in [-0.4, -0.2) is 210 Å². The molecule has 0 radical (unpaired) electrons. The van der Waals surface area contributed by atoms with E-state index >= 15 is 0 Å². The van der Waals surface area contributed by atoms with Gasteiger partial charge in [-0.3, -0.25) is 57.7 Å². The number of methoxy groups -OCH3 is 2. The Morgan fingerprint density at radius 2 is 1.00 bits per heavy atom. The van der Waals surface area contributed by atoms with Gasteiger partial charge in [0.1, 0.15) is 11.6 Å². The van der Waals surface area contributed by atoms with Gasteiger partial charge in [-0.1, -0.05) is 6.42 Å². The van der Waals surface area contributed by atoms with Gasteiger partial charge in [0.2, 0.25) is 47.3 Å². The Bertz CT molecular complexity index is 1640. The molecule has 22 nitrogen and oxygen atoms in total. The molecule has 392 valence electrons. The van der Waals surface area contributed by atoms with Crippen molar-refractivity contribution in [2.24, 2.45) is 5.92 Å². The van der Waals surface area contributed by atoms with E-state index in [9.17, 15) is 47.9 Å². The Morgan fingerprint density at radius 3 is 1.51 bits per heavy atom. The third kappa shape index (κ3) is 27.8. The molecule has 0 aromatic heterocycles. The van der Waals surface area contributed by atoms with Gasteiger partial charge in [-0.25, -0.2) is 0 Å². The van der Waals surface area contributed by atoms with Crippen molar-refractivity contribution in [2.45, 2.75) is 88.1 Å². The fourth-order valence-electron chi connectivity index (χ4n) is 6.74. The second-order valence-electron chi connectivity index (χ2n) is 16.1. The van der Waals surface area contributed by atoms with E-state index in [2.05, 4.69) is 21.3 Å². The highest BCUT2D eigenvalue weighted by molar-refractivity contribution is 8.00. The number of imide groups is 2. The first-order valence-corrected chi connectivity index (χ1v) is 25.7. The summed E-state index contributed by atoms with van der Waals surface area (Å²) in [5, 5.41) is 9.71. The number of carbonyl (C=O) groups excluding carboxylic acids is 10. The van der Waals surface area contributed by atoms with Crippen LogP contribution in [0.2, 0.25) is 0 Å². The van der Waals surface area contributed by atoms with Crippen molar-refractivity contribution in [2.75, 3.05) is 131 Å². The van der Waals surface area contributed by atoms with Crippen LogP contribution in [0.5, 0.6) is 0 Å². The first kappa shape index (κ1) is 61.1. The fourth-order valence-corrected chi connectivity index (χ4v) is 9.01. The van der Waals surface area contributed by atoms with Crippen LogP contribution in [0.4, 0.5) is 0 Å². The summed E-state index contributed by atoms with van der Waals surface area (Å²) in [5.74, 6) is -2.82. The van der Waals surface area contributed by atoms with Gasteiger partial charge in [0.25, 0.3) is 0 Å². The molecule has 2 aliphatic heterocycles. The number of thioether (sulfide) groups is 2. The molecule has 2 saturated heterocycles. The molecule has 0 bridgehead atoms. The van der Waals surface area contributed by atoms with Gasteiger partial charge in [0, 0.05) is 122 Å². The van der Waals surface area contributed by atoms with Crippen molar-refractivity contribution in [3.63, 3.8) is 0 Å². The van der Waals surface area contributed by atoms with Crippen LogP contribution in [0, 0.1) is 5.92 Å². The number of ether oxygens (including phenoxy) is 6. The Balaban J connectivity index is 1.75. The van der Waals surface area contributed by atoms with Crippen molar-refractivity contribution in [3.05, 3.63) is 0 Å². The van der Waals surface area contributed by atoms with E-state index < -0.39 is 22.3 Å². The van der Waals surface area contributed by atoms with Gasteiger partial charge in [-0.05, 0) is 19.8 Å². The maximum absolute atomic E-state index is 13.3. The number of nitrogens with one attached hydrogen (secondary N) is 4. The van der Waals surface area contributed by atoms with Crippen LogP contribution < -0.4 is 21.3 Å². The number of likely N-dealkylation sites (tertiary alicyclic amines) is 2. The first-order chi connectivity index (χ1) is 33.3. The fraction of sp³-hybridized carbons (Fsp3) is 0.778. The number of amides is 8. The van der Waals surface area contributed by atoms with E-state index in [1.54, 1.807) is 0 Å². The Hall–Kier alpha value is -4.04. The Labute approximate surface area is 413 Å². The molecule has 3 atom stereocenters. The second-order valence-corrected chi connectivity index (χ2v) is 18.7. The van der Waals surface area contributed by atoms with E-state index in [1.807, 2.05) is 0 Å². The lowest BCUT2D eigenvalue weighted by molar-refractivity contribution is -0.140. The summed E-state index contributed by atoms with van der Waals surface area (Å²) in [6.07, 6.45) is 1.90. The summed E-state index contributed by atoms with van der Waals surface area (Å²) in [7, 11) is 3.02. The lowest BCUT2D eigenvalue weighted by Gasteiger charge is -2.17. The van der Waals surface area contributed by atoms with Crippen molar-refractivity contribution in [3.8, 4) is 0 Å². The minimum atomic E-state index is -0.661. The monoisotopic (exact) mass is 1020 g/mol. The highest BCUT2D eigenvalue weighted by Gasteiger charge is 2.40. The molecule has 2 heterocycles. The molecule has 2 rings (SSSR count). The average Bonchev–Trinajstić information content (AvgIpc) is 3.74. The molecule has 4 N–H and O–H groups in total. The number of unbranched alkanes of at least 4 members (excludes halogenated alkanes) is 1. The quantitative estimate of drug-likeness (QED) is 0.0455. The van der Waals surface area contributed by atoms with Crippen molar-refractivity contribution >= 4 is 82.3 Å².